The number of carbonyl (C=O) groups excluding carboxylic acids is 2. The molecule has 2 aliphatic rings. The van der Waals surface area contributed by atoms with Crippen LogP contribution in [0, 0.1) is 6.92 Å². The second-order valence-corrected chi connectivity index (χ2v) is 10.2. The number of thioether (sulfide) groups is 1. The van der Waals surface area contributed by atoms with Crippen LogP contribution < -0.4 is 14.8 Å². The standard InChI is InChI=1S/C29H28N4O4S/c1-18-5-4-6-21(15-18)30-27(34)17-26-28(35)31-29(38-26)33-25(20-9-13-23(37-3)14-10-20)16-24(32-33)19-7-11-22(36-2)12-8-19/h4-15,25-26H,16-17H2,1-3H3,(H,30,34)/t25-,26+/m0/s1. The number of anilines is 1. The SMILES string of the molecule is COc1ccc(C2=NN(C3=NC(=O)[C@@H](CC(=O)Nc4cccc(C)c4)S3)[C@H](c3ccc(OC)cc3)C2)cc1. The molecule has 3 aromatic carbocycles. The Labute approximate surface area is 225 Å². The first kappa shape index (κ1) is 25.5. The molecule has 9 heteroatoms. The lowest BCUT2D eigenvalue weighted by atomic mass is 9.98. The number of hydrazone groups is 1. The highest BCUT2D eigenvalue weighted by atomic mass is 32.2. The second-order valence-electron chi connectivity index (χ2n) is 9.07. The Balaban J connectivity index is 1.36. The molecule has 0 fully saturated rings. The van der Waals surface area contributed by atoms with Gasteiger partial charge in [0.25, 0.3) is 5.91 Å². The normalized spacial score (nSPS) is 18.7. The Hall–Kier alpha value is -4.11. The van der Waals surface area contributed by atoms with Gasteiger partial charge in [0.05, 0.1) is 26.0 Å². The number of carbonyl (C=O) groups is 2. The highest BCUT2D eigenvalue weighted by molar-refractivity contribution is 8.15. The number of ether oxygens (including phenoxy) is 2. The van der Waals surface area contributed by atoms with Crippen LogP contribution in [0.25, 0.3) is 0 Å². The highest BCUT2D eigenvalue weighted by Gasteiger charge is 2.39. The van der Waals surface area contributed by atoms with Gasteiger partial charge in [0.1, 0.15) is 16.7 Å². The molecule has 2 amide bonds. The molecule has 0 aromatic heterocycles. The predicted molar refractivity (Wildman–Crippen MR) is 150 cm³/mol. The van der Waals surface area contributed by atoms with Crippen molar-refractivity contribution in [3.8, 4) is 11.5 Å². The van der Waals surface area contributed by atoms with Crippen LogP contribution in [-0.4, -0.2) is 47.2 Å². The maximum Gasteiger partial charge on any atom is 0.262 e. The van der Waals surface area contributed by atoms with Crippen LogP contribution in [0.4, 0.5) is 5.69 Å². The minimum Gasteiger partial charge on any atom is -0.497 e. The highest BCUT2D eigenvalue weighted by Crippen LogP contribution is 2.39. The van der Waals surface area contributed by atoms with E-state index in [0.717, 1.165) is 33.9 Å². The van der Waals surface area contributed by atoms with Gasteiger partial charge in [-0.2, -0.15) is 10.1 Å². The van der Waals surface area contributed by atoms with Gasteiger partial charge >= 0.3 is 0 Å². The fraction of sp³-hybridized carbons (Fsp3) is 0.241. The topological polar surface area (TPSA) is 92.6 Å². The molecule has 0 saturated carbocycles. The first-order chi connectivity index (χ1) is 18.4. The summed E-state index contributed by atoms with van der Waals surface area (Å²) >= 11 is 1.28. The summed E-state index contributed by atoms with van der Waals surface area (Å²) in [6.07, 6.45) is 0.658. The number of aryl methyl sites for hydroxylation is 1. The van der Waals surface area contributed by atoms with E-state index in [1.165, 1.54) is 11.8 Å². The minimum absolute atomic E-state index is 0.0283. The summed E-state index contributed by atoms with van der Waals surface area (Å²) in [6, 6.07) is 23.0. The van der Waals surface area contributed by atoms with E-state index >= 15 is 0 Å². The maximum atomic E-state index is 12.8. The van der Waals surface area contributed by atoms with Crippen LogP contribution in [0.5, 0.6) is 11.5 Å². The van der Waals surface area contributed by atoms with E-state index in [1.807, 2.05) is 84.7 Å². The Morgan fingerprint density at radius 1 is 1.03 bits per heavy atom. The third kappa shape index (κ3) is 5.57. The molecule has 2 atom stereocenters. The van der Waals surface area contributed by atoms with Gasteiger partial charge in [-0.25, -0.2) is 5.01 Å². The van der Waals surface area contributed by atoms with E-state index in [-0.39, 0.29) is 24.3 Å². The molecule has 38 heavy (non-hydrogen) atoms. The van der Waals surface area contributed by atoms with Crippen LogP contribution in [-0.2, 0) is 9.59 Å². The largest absolute Gasteiger partial charge is 0.497 e. The van der Waals surface area contributed by atoms with Gasteiger partial charge < -0.3 is 14.8 Å². The molecule has 2 aliphatic heterocycles. The monoisotopic (exact) mass is 528 g/mol. The van der Waals surface area contributed by atoms with Crippen LogP contribution in [0.2, 0.25) is 0 Å². The number of nitrogens with one attached hydrogen (secondary N) is 1. The second kappa shape index (κ2) is 11.1. The molecule has 194 valence electrons. The molecule has 0 unspecified atom stereocenters. The van der Waals surface area contributed by atoms with Gasteiger partial charge in [-0.1, -0.05) is 36.0 Å². The Morgan fingerprint density at radius 3 is 2.37 bits per heavy atom. The molecule has 0 bridgehead atoms. The fourth-order valence-electron chi connectivity index (χ4n) is 4.44. The lowest BCUT2D eigenvalue weighted by molar-refractivity contribution is -0.121. The van der Waals surface area contributed by atoms with Crippen LogP contribution in [0.15, 0.2) is 82.9 Å². The van der Waals surface area contributed by atoms with Crippen molar-refractivity contribution in [2.75, 3.05) is 19.5 Å². The fourth-order valence-corrected chi connectivity index (χ4v) is 5.50. The molecule has 8 nitrogen and oxygen atoms in total. The lowest BCUT2D eigenvalue weighted by Crippen LogP contribution is -2.25. The van der Waals surface area contributed by atoms with E-state index in [0.29, 0.717) is 17.3 Å². The summed E-state index contributed by atoms with van der Waals surface area (Å²) in [6.45, 7) is 1.96. The zero-order valence-electron chi connectivity index (χ0n) is 21.4. The van der Waals surface area contributed by atoms with Gasteiger partial charge in [0, 0.05) is 18.5 Å². The molecule has 1 N–H and O–H groups in total. The van der Waals surface area contributed by atoms with Gasteiger partial charge in [-0.05, 0) is 72.1 Å². The number of hydrogen-bond acceptors (Lipinski definition) is 7. The summed E-state index contributed by atoms with van der Waals surface area (Å²) in [5, 5.41) is 9.47. The van der Waals surface area contributed by atoms with E-state index in [1.54, 1.807) is 14.2 Å². The Bertz CT molecular complexity index is 1400. The van der Waals surface area contributed by atoms with Crippen molar-refractivity contribution in [1.29, 1.82) is 0 Å². The summed E-state index contributed by atoms with van der Waals surface area (Å²) in [7, 11) is 3.26. The van der Waals surface area contributed by atoms with Crippen LogP contribution in [0.3, 0.4) is 0 Å². The number of amides is 2. The van der Waals surface area contributed by atoms with Crippen LogP contribution >= 0.6 is 11.8 Å². The third-order valence-electron chi connectivity index (χ3n) is 6.43. The third-order valence-corrected chi connectivity index (χ3v) is 7.57. The predicted octanol–water partition coefficient (Wildman–Crippen LogP) is 5.19. The van der Waals surface area contributed by atoms with Gasteiger partial charge in [0.15, 0.2) is 5.17 Å². The molecule has 2 heterocycles. The lowest BCUT2D eigenvalue weighted by Gasteiger charge is -2.23. The van der Waals surface area contributed by atoms with Crippen molar-refractivity contribution in [1.82, 2.24) is 5.01 Å². The number of methoxy groups -OCH3 is 2. The van der Waals surface area contributed by atoms with E-state index < -0.39 is 5.25 Å². The van der Waals surface area contributed by atoms with Gasteiger partial charge in [-0.15, -0.1) is 0 Å². The first-order valence-corrected chi connectivity index (χ1v) is 13.1. The smallest absolute Gasteiger partial charge is 0.262 e. The van der Waals surface area contributed by atoms with Crippen molar-refractivity contribution >= 4 is 40.1 Å². The molecule has 0 aliphatic carbocycles. The van der Waals surface area contributed by atoms with Gasteiger partial charge in [-0.3, -0.25) is 9.59 Å². The summed E-state index contributed by atoms with van der Waals surface area (Å²) in [4.78, 5) is 29.9. The number of rotatable bonds is 7. The Morgan fingerprint density at radius 2 is 1.71 bits per heavy atom. The van der Waals surface area contributed by atoms with Crippen molar-refractivity contribution in [3.05, 3.63) is 89.5 Å². The summed E-state index contributed by atoms with van der Waals surface area (Å²) in [5.74, 6) is 0.973. The van der Waals surface area contributed by atoms with E-state index in [9.17, 15) is 9.59 Å². The Kier molecular flexibility index (Phi) is 7.46. The molecule has 0 saturated heterocycles. The molecular formula is C29H28N4O4S. The number of aliphatic imine (C=N–C) groups is 1. The van der Waals surface area contributed by atoms with E-state index in [2.05, 4.69) is 10.3 Å². The first-order valence-electron chi connectivity index (χ1n) is 12.2. The average Bonchev–Trinajstić information content (AvgIpc) is 3.52. The minimum atomic E-state index is -0.605. The van der Waals surface area contributed by atoms with Crippen molar-refractivity contribution in [2.45, 2.75) is 31.1 Å². The van der Waals surface area contributed by atoms with Crippen LogP contribution in [0.1, 0.15) is 35.6 Å². The number of benzene rings is 3. The number of hydrogen-bond donors (Lipinski definition) is 1. The number of amidine groups is 1. The molecule has 0 radical (unpaired) electrons. The quantitative estimate of drug-likeness (QED) is 0.454. The zero-order valence-corrected chi connectivity index (χ0v) is 22.2. The maximum absolute atomic E-state index is 12.8. The van der Waals surface area contributed by atoms with Gasteiger partial charge in [0.2, 0.25) is 5.91 Å². The average molecular weight is 529 g/mol. The molecule has 3 aromatic rings. The van der Waals surface area contributed by atoms with Crippen molar-refractivity contribution in [3.63, 3.8) is 0 Å². The molecular weight excluding hydrogens is 500 g/mol. The van der Waals surface area contributed by atoms with Crippen molar-refractivity contribution < 1.29 is 19.1 Å². The summed E-state index contributed by atoms with van der Waals surface area (Å²) < 4.78 is 10.6. The molecule has 0 spiro atoms. The van der Waals surface area contributed by atoms with Crippen molar-refractivity contribution in [2.24, 2.45) is 10.1 Å². The number of nitrogens with zero attached hydrogens (tertiary/aromatic N) is 3. The summed E-state index contributed by atoms with van der Waals surface area (Å²) in [5.41, 5.74) is 4.62. The molecule has 5 rings (SSSR count). The van der Waals surface area contributed by atoms with E-state index in [4.69, 9.17) is 14.6 Å². The zero-order chi connectivity index (χ0) is 26.6.